The molecule has 0 fully saturated rings. The number of anilines is 1. The lowest BCUT2D eigenvalue weighted by molar-refractivity contribution is -0.137. The topological polar surface area (TPSA) is 107 Å². The summed E-state index contributed by atoms with van der Waals surface area (Å²) >= 11 is 0. The van der Waals surface area contributed by atoms with Crippen LogP contribution in [0.5, 0.6) is 5.75 Å². The van der Waals surface area contributed by atoms with Gasteiger partial charge in [-0.1, -0.05) is 0 Å². The molecule has 0 aliphatic carbocycles. The standard InChI is InChI=1S/C21H13F3N2O4S/c22-21(23,24)19-11-15(4-1-14(19)12-25)26-20(28)13-2-7-17(8-3-13)31(29,30)18-9-5-16(27)6-10-18/h1-11,27H,(H,26,28). The largest absolute Gasteiger partial charge is 0.508 e. The maximum atomic E-state index is 13.1. The lowest BCUT2D eigenvalue weighted by Gasteiger charge is -2.12. The third-order valence-electron chi connectivity index (χ3n) is 4.28. The zero-order valence-corrected chi connectivity index (χ0v) is 16.3. The Morgan fingerprint density at radius 2 is 1.48 bits per heavy atom. The first kappa shape index (κ1) is 21.9. The van der Waals surface area contributed by atoms with Crippen LogP contribution in [0.2, 0.25) is 0 Å². The van der Waals surface area contributed by atoms with E-state index in [1.54, 1.807) is 0 Å². The predicted molar refractivity (Wildman–Crippen MR) is 104 cm³/mol. The maximum Gasteiger partial charge on any atom is 0.417 e. The van der Waals surface area contributed by atoms with Crippen LogP contribution in [0.25, 0.3) is 0 Å². The van der Waals surface area contributed by atoms with E-state index in [-0.39, 0.29) is 26.8 Å². The predicted octanol–water partition coefficient (Wildman–Crippen LogP) is 4.37. The Kier molecular flexibility index (Phi) is 5.73. The number of nitrogens with one attached hydrogen (secondary N) is 1. The number of benzene rings is 3. The highest BCUT2D eigenvalue weighted by Crippen LogP contribution is 2.33. The van der Waals surface area contributed by atoms with Crippen LogP contribution in [0.1, 0.15) is 21.5 Å². The SMILES string of the molecule is N#Cc1ccc(NC(=O)c2ccc(S(=O)(=O)c3ccc(O)cc3)cc2)cc1C(F)(F)F. The molecular weight excluding hydrogens is 433 g/mol. The van der Waals surface area contributed by atoms with Gasteiger partial charge in [0.1, 0.15) is 5.75 Å². The van der Waals surface area contributed by atoms with Gasteiger partial charge < -0.3 is 10.4 Å². The Hall–Kier alpha value is -3.84. The van der Waals surface area contributed by atoms with E-state index in [1.807, 2.05) is 0 Å². The van der Waals surface area contributed by atoms with Crippen molar-refractivity contribution in [2.75, 3.05) is 5.32 Å². The van der Waals surface area contributed by atoms with E-state index >= 15 is 0 Å². The molecule has 0 saturated carbocycles. The summed E-state index contributed by atoms with van der Waals surface area (Å²) in [6, 6.07) is 13.9. The minimum Gasteiger partial charge on any atom is -0.508 e. The van der Waals surface area contributed by atoms with Crippen molar-refractivity contribution in [2.45, 2.75) is 16.0 Å². The molecule has 0 saturated heterocycles. The number of carbonyl (C=O) groups excluding carboxylic acids is 1. The molecule has 0 heterocycles. The summed E-state index contributed by atoms with van der Waals surface area (Å²) in [4.78, 5) is 12.2. The summed E-state index contributed by atoms with van der Waals surface area (Å²) in [5.74, 6) is -0.853. The second-order valence-electron chi connectivity index (χ2n) is 6.35. The van der Waals surface area contributed by atoms with E-state index in [4.69, 9.17) is 5.26 Å². The first-order valence-corrected chi connectivity index (χ1v) is 10.1. The number of phenolic OH excluding ortho intramolecular Hbond substituents is 1. The number of alkyl halides is 3. The summed E-state index contributed by atoms with van der Waals surface area (Å²) in [7, 11) is -3.89. The molecule has 2 N–H and O–H groups in total. The number of sulfone groups is 1. The van der Waals surface area contributed by atoms with Crippen molar-refractivity contribution in [2.24, 2.45) is 0 Å². The zero-order chi connectivity index (χ0) is 22.8. The highest BCUT2D eigenvalue weighted by Gasteiger charge is 2.34. The molecule has 31 heavy (non-hydrogen) atoms. The van der Waals surface area contributed by atoms with Crippen LogP contribution in [0, 0.1) is 11.3 Å². The van der Waals surface area contributed by atoms with Crippen molar-refractivity contribution in [1.82, 2.24) is 0 Å². The molecule has 6 nitrogen and oxygen atoms in total. The van der Waals surface area contributed by atoms with Crippen molar-refractivity contribution in [3.63, 3.8) is 0 Å². The fourth-order valence-corrected chi connectivity index (χ4v) is 3.97. The van der Waals surface area contributed by atoms with Gasteiger partial charge in [0, 0.05) is 11.3 Å². The average Bonchev–Trinajstić information content (AvgIpc) is 2.73. The van der Waals surface area contributed by atoms with Gasteiger partial charge in [-0.2, -0.15) is 18.4 Å². The smallest absolute Gasteiger partial charge is 0.417 e. The Morgan fingerprint density at radius 3 is 2.00 bits per heavy atom. The molecule has 0 radical (unpaired) electrons. The van der Waals surface area contributed by atoms with Gasteiger partial charge >= 0.3 is 6.18 Å². The highest BCUT2D eigenvalue weighted by atomic mass is 32.2. The summed E-state index contributed by atoms with van der Waals surface area (Å²) in [6.07, 6.45) is -4.77. The summed E-state index contributed by atoms with van der Waals surface area (Å²) in [6.45, 7) is 0. The normalized spacial score (nSPS) is 11.5. The average molecular weight is 446 g/mol. The van der Waals surface area contributed by atoms with Gasteiger partial charge in [-0.15, -0.1) is 0 Å². The van der Waals surface area contributed by atoms with Gasteiger partial charge in [-0.05, 0) is 66.7 Å². The number of nitrogens with zero attached hydrogens (tertiary/aromatic N) is 1. The molecule has 3 aromatic carbocycles. The van der Waals surface area contributed by atoms with Crippen LogP contribution < -0.4 is 5.32 Å². The second-order valence-corrected chi connectivity index (χ2v) is 8.30. The van der Waals surface area contributed by atoms with Gasteiger partial charge in [0.15, 0.2) is 0 Å². The van der Waals surface area contributed by atoms with Crippen molar-refractivity contribution in [1.29, 1.82) is 5.26 Å². The van der Waals surface area contributed by atoms with E-state index < -0.39 is 33.0 Å². The third kappa shape index (κ3) is 4.67. The van der Waals surface area contributed by atoms with Gasteiger partial charge in [0.2, 0.25) is 9.84 Å². The molecule has 0 atom stereocenters. The Labute approximate surface area is 175 Å². The molecule has 0 aliphatic rings. The number of phenols is 1. The molecule has 0 aromatic heterocycles. The Morgan fingerprint density at radius 1 is 0.935 bits per heavy atom. The molecule has 0 spiro atoms. The first-order valence-electron chi connectivity index (χ1n) is 8.59. The molecule has 0 bridgehead atoms. The summed E-state index contributed by atoms with van der Waals surface area (Å²) in [5.41, 5.74) is -1.91. The second kappa shape index (κ2) is 8.12. The fraction of sp³-hybridized carbons (Fsp3) is 0.0476. The lowest BCUT2D eigenvalue weighted by Crippen LogP contribution is -2.14. The quantitative estimate of drug-likeness (QED) is 0.619. The number of aromatic hydroxyl groups is 1. The minimum absolute atomic E-state index is 0.0163. The molecule has 0 unspecified atom stereocenters. The van der Waals surface area contributed by atoms with Crippen LogP contribution in [-0.4, -0.2) is 19.4 Å². The van der Waals surface area contributed by atoms with E-state index in [0.29, 0.717) is 6.07 Å². The molecule has 158 valence electrons. The van der Waals surface area contributed by atoms with Crippen LogP contribution in [0.4, 0.5) is 18.9 Å². The van der Waals surface area contributed by atoms with Gasteiger partial charge in [-0.25, -0.2) is 8.42 Å². The number of hydrogen-bond acceptors (Lipinski definition) is 5. The molecular formula is C21H13F3N2O4S. The zero-order valence-electron chi connectivity index (χ0n) is 15.5. The van der Waals surface area contributed by atoms with E-state index in [1.165, 1.54) is 54.6 Å². The van der Waals surface area contributed by atoms with Gasteiger partial charge in [0.05, 0.1) is 27.0 Å². The van der Waals surface area contributed by atoms with E-state index in [2.05, 4.69) is 5.32 Å². The molecule has 1 amide bonds. The summed E-state index contributed by atoms with van der Waals surface area (Å²) in [5, 5.41) is 20.4. The van der Waals surface area contributed by atoms with Crippen molar-refractivity contribution >= 4 is 21.4 Å². The number of rotatable bonds is 4. The number of nitriles is 1. The molecule has 0 aliphatic heterocycles. The number of hydrogen-bond donors (Lipinski definition) is 2. The van der Waals surface area contributed by atoms with Gasteiger partial charge in [0.25, 0.3) is 5.91 Å². The van der Waals surface area contributed by atoms with E-state index in [9.17, 15) is 31.5 Å². The molecule has 3 rings (SSSR count). The monoisotopic (exact) mass is 446 g/mol. The van der Waals surface area contributed by atoms with Crippen LogP contribution >= 0.6 is 0 Å². The lowest BCUT2D eigenvalue weighted by atomic mass is 10.1. The fourth-order valence-electron chi connectivity index (χ4n) is 2.70. The maximum absolute atomic E-state index is 13.1. The number of halogens is 3. The number of carbonyl (C=O) groups is 1. The molecule has 3 aromatic rings. The minimum atomic E-state index is -4.77. The molecule has 10 heteroatoms. The Bertz CT molecular complexity index is 1280. The Balaban J connectivity index is 1.83. The van der Waals surface area contributed by atoms with Crippen molar-refractivity contribution in [3.05, 3.63) is 83.4 Å². The van der Waals surface area contributed by atoms with Crippen molar-refractivity contribution < 1.29 is 31.5 Å². The summed E-state index contributed by atoms with van der Waals surface area (Å²) < 4.78 is 64.4. The van der Waals surface area contributed by atoms with Gasteiger partial charge in [-0.3, -0.25) is 4.79 Å². The van der Waals surface area contributed by atoms with Crippen molar-refractivity contribution in [3.8, 4) is 11.8 Å². The van der Waals surface area contributed by atoms with E-state index in [0.717, 1.165) is 12.1 Å². The third-order valence-corrected chi connectivity index (χ3v) is 6.06. The van der Waals surface area contributed by atoms with Crippen LogP contribution in [0.15, 0.2) is 76.5 Å². The van der Waals surface area contributed by atoms with Crippen LogP contribution in [-0.2, 0) is 16.0 Å². The first-order chi connectivity index (χ1) is 14.5. The highest BCUT2D eigenvalue weighted by molar-refractivity contribution is 7.91. The van der Waals surface area contributed by atoms with Crippen LogP contribution in [0.3, 0.4) is 0 Å². The number of amides is 1.